The van der Waals surface area contributed by atoms with Crippen molar-refractivity contribution >= 4 is 5.91 Å². The van der Waals surface area contributed by atoms with Crippen LogP contribution in [0.4, 0.5) is 0 Å². The van der Waals surface area contributed by atoms with Crippen molar-refractivity contribution in [2.45, 2.75) is 44.3 Å². The van der Waals surface area contributed by atoms with Crippen molar-refractivity contribution in [3.63, 3.8) is 0 Å². The fourth-order valence-electron chi connectivity index (χ4n) is 2.02. The molecule has 1 aliphatic heterocycles. The van der Waals surface area contributed by atoms with Crippen LogP contribution in [0.15, 0.2) is 0 Å². The van der Waals surface area contributed by atoms with Gasteiger partial charge in [0.25, 0.3) is 0 Å². The summed E-state index contributed by atoms with van der Waals surface area (Å²) in [5.74, 6) is -0.239. The predicted molar refractivity (Wildman–Crippen MR) is 55.8 cm³/mol. The SMILES string of the molecule is COC1C(CO)O[C@@H](C)[C@@H](NC(C)=O)[C@H]1O. The van der Waals surface area contributed by atoms with Gasteiger partial charge in [0.2, 0.25) is 5.91 Å². The highest BCUT2D eigenvalue weighted by Gasteiger charge is 2.43. The first-order valence-corrected chi connectivity index (χ1v) is 5.25. The lowest BCUT2D eigenvalue weighted by atomic mass is 9.93. The number of amides is 1. The molecule has 0 aromatic heterocycles. The number of methoxy groups -OCH3 is 1. The van der Waals surface area contributed by atoms with Crippen molar-refractivity contribution in [1.82, 2.24) is 5.32 Å². The number of hydrogen-bond donors (Lipinski definition) is 3. The highest BCUT2D eigenvalue weighted by molar-refractivity contribution is 5.73. The van der Waals surface area contributed by atoms with Crippen LogP contribution < -0.4 is 5.32 Å². The largest absolute Gasteiger partial charge is 0.394 e. The number of hydrogen-bond acceptors (Lipinski definition) is 5. The molecule has 5 atom stereocenters. The highest BCUT2D eigenvalue weighted by Crippen LogP contribution is 2.22. The molecule has 6 nitrogen and oxygen atoms in total. The van der Waals surface area contributed by atoms with Crippen LogP contribution in [0.3, 0.4) is 0 Å². The van der Waals surface area contributed by atoms with Gasteiger partial charge < -0.3 is 25.0 Å². The van der Waals surface area contributed by atoms with Gasteiger partial charge >= 0.3 is 0 Å². The first-order chi connectivity index (χ1) is 7.51. The van der Waals surface area contributed by atoms with Gasteiger partial charge in [-0.25, -0.2) is 0 Å². The second-order valence-corrected chi connectivity index (χ2v) is 3.98. The summed E-state index contributed by atoms with van der Waals surface area (Å²) in [6, 6.07) is -0.523. The number of ether oxygens (including phenoxy) is 2. The molecule has 0 radical (unpaired) electrons. The molecule has 1 rings (SSSR count). The summed E-state index contributed by atoms with van der Waals surface area (Å²) >= 11 is 0. The fourth-order valence-corrected chi connectivity index (χ4v) is 2.02. The Morgan fingerprint density at radius 3 is 2.62 bits per heavy atom. The van der Waals surface area contributed by atoms with Crippen molar-refractivity contribution < 1.29 is 24.5 Å². The average Bonchev–Trinajstić information content (AvgIpc) is 2.23. The van der Waals surface area contributed by atoms with Gasteiger partial charge in [-0.05, 0) is 6.92 Å². The summed E-state index contributed by atoms with van der Waals surface area (Å²) in [5, 5.41) is 21.7. The van der Waals surface area contributed by atoms with E-state index in [1.807, 2.05) is 0 Å². The molecule has 1 amide bonds. The maximum absolute atomic E-state index is 11.0. The number of aliphatic hydroxyl groups is 2. The second-order valence-electron chi connectivity index (χ2n) is 3.98. The van der Waals surface area contributed by atoms with Crippen LogP contribution in [-0.2, 0) is 14.3 Å². The van der Waals surface area contributed by atoms with Crippen LogP contribution in [0.5, 0.6) is 0 Å². The molecule has 1 aliphatic rings. The van der Waals surface area contributed by atoms with Gasteiger partial charge in [0.1, 0.15) is 18.3 Å². The van der Waals surface area contributed by atoms with Gasteiger partial charge in [-0.15, -0.1) is 0 Å². The molecule has 6 heteroatoms. The summed E-state index contributed by atoms with van der Waals surface area (Å²) in [4.78, 5) is 11.0. The van der Waals surface area contributed by atoms with E-state index in [4.69, 9.17) is 14.6 Å². The lowest BCUT2D eigenvalue weighted by Crippen LogP contribution is -2.63. The van der Waals surface area contributed by atoms with Gasteiger partial charge in [-0.1, -0.05) is 0 Å². The Morgan fingerprint density at radius 2 is 2.19 bits per heavy atom. The van der Waals surface area contributed by atoms with Crippen LogP contribution >= 0.6 is 0 Å². The lowest BCUT2D eigenvalue weighted by molar-refractivity contribution is -0.199. The monoisotopic (exact) mass is 233 g/mol. The van der Waals surface area contributed by atoms with Crippen LogP contribution in [0.2, 0.25) is 0 Å². The summed E-state index contributed by atoms with van der Waals surface area (Å²) < 4.78 is 10.6. The zero-order chi connectivity index (χ0) is 12.3. The molecule has 16 heavy (non-hydrogen) atoms. The third-order valence-corrected chi connectivity index (χ3v) is 2.79. The van der Waals surface area contributed by atoms with E-state index >= 15 is 0 Å². The Hall–Kier alpha value is -0.690. The standard InChI is InChI=1S/C10H19NO5/c1-5-8(11-6(2)13)9(14)10(15-3)7(4-12)16-5/h5,7-10,12,14H,4H2,1-3H3,(H,11,13)/t5-,7?,8+,9+,10?/m0/s1. The molecule has 1 heterocycles. The summed E-state index contributed by atoms with van der Waals surface area (Å²) in [6.07, 6.45) is -2.48. The number of rotatable bonds is 3. The maximum atomic E-state index is 11.0. The molecule has 2 unspecified atom stereocenters. The Labute approximate surface area is 94.5 Å². The molecule has 0 bridgehead atoms. The minimum atomic E-state index is -0.894. The Morgan fingerprint density at radius 1 is 1.56 bits per heavy atom. The van der Waals surface area contributed by atoms with E-state index in [-0.39, 0.29) is 18.6 Å². The number of nitrogens with one attached hydrogen (secondary N) is 1. The second kappa shape index (κ2) is 5.58. The summed E-state index contributed by atoms with van der Waals surface area (Å²) in [5.41, 5.74) is 0. The van der Waals surface area contributed by atoms with Gasteiger partial charge in [0.15, 0.2) is 0 Å². The van der Waals surface area contributed by atoms with Gasteiger partial charge in [-0.3, -0.25) is 4.79 Å². The highest BCUT2D eigenvalue weighted by atomic mass is 16.6. The van der Waals surface area contributed by atoms with E-state index in [0.717, 1.165) is 0 Å². The van der Waals surface area contributed by atoms with Gasteiger partial charge in [0.05, 0.1) is 18.8 Å². The summed E-state index contributed by atoms with van der Waals surface area (Å²) in [7, 11) is 1.43. The Balaban J connectivity index is 2.76. The third kappa shape index (κ3) is 2.70. The van der Waals surface area contributed by atoms with Crippen molar-refractivity contribution in [2.24, 2.45) is 0 Å². The fraction of sp³-hybridized carbons (Fsp3) is 0.900. The van der Waals surface area contributed by atoms with Crippen LogP contribution in [-0.4, -0.2) is 60.3 Å². The van der Waals surface area contributed by atoms with Crippen molar-refractivity contribution in [3.05, 3.63) is 0 Å². The van der Waals surface area contributed by atoms with Gasteiger partial charge in [-0.2, -0.15) is 0 Å². The van der Waals surface area contributed by atoms with Crippen molar-refractivity contribution in [2.75, 3.05) is 13.7 Å². The van der Waals surface area contributed by atoms with Crippen molar-refractivity contribution in [3.8, 4) is 0 Å². The molecule has 0 saturated carbocycles. The van der Waals surface area contributed by atoms with Gasteiger partial charge in [0, 0.05) is 14.0 Å². The third-order valence-electron chi connectivity index (χ3n) is 2.79. The molecule has 0 aliphatic carbocycles. The Kier molecular flexibility index (Phi) is 4.67. The molecule has 0 spiro atoms. The molecule has 0 aromatic carbocycles. The molecule has 1 saturated heterocycles. The smallest absolute Gasteiger partial charge is 0.217 e. The lowest BCUT2D eigenvalue weighted by Gasteiger charge is -2.42. The normalized spacial score (nSPS) is 39.4. The first kappa shape index (κ1) is 13.4. The van der Waals surface area contributed by atoms with E-state index in [1.54, 1.807) is 6.92 Å². The average molecular weight is 233 g/mol. The van der Waals surface area contributed by atoms with E-state index in [2.05, 4.69) is 5.32 Å². The summed E-state index contributed by atoms with van der Waals surface area (Å²) in [6.45, 7) is 2.88. The quantitative estimate of drug-likeness (QED) is 0.561. The molecular weight excluding hydrogens is 214 g/mol. The van der Waals surface area contributed by atoms with E-state index in [0.29, 0.717) is 0 Å². The number of carbonyl (C=O) groups excluding carboxylic acids is 1. The van der Waals surface area contributed by atoms with Crippen LogP contribution in [0.25, 0.3) is 0 Å². The van der Waals surface area contributed by atoms with Crippen molar-refractivity contribution in [1.29, 1.82) is 0 Å². The minimum Gasteiger partial charge on any atom is -0.394 e. The van der Waals surface area contributed by atoms with Crippen LogP contribution in [0, 0.1) is 0 Å². The molecular formula is C10H19NO5. The van der Waals surface area contributed by atoms with E-state index in [1.165, 1.54) is 14.0 Å². The number of carbonyl (C=O) groups is 1. The molecule has 1 fully saturated rings. The zero-order valence-electron chi connectivity index (χ0n) is 9.71. The van der Waals surface area contributed by atoms with Crippen LogP contribution in [0.1, 0.15) is 13.8 Å². The topological polar surface area (TPSA) is 88.0 Å². The predicted octanol–water partition coefficient (Wildman–Crippen LogP) is -1.35. The van der Waals surface area contributed by atoms with E-state index in [9.17, 15) is 9.90 Å². The maximum Gasteiger partial charge on any atom is 0.217 e. The minimum absolute atomic E-state index is 0.229. The van der Waals surface area contributed by atoms with E-state index < -0.39 is 24.4 Å². The number of aliphatic hydroxyl groups excluding tert-OH is 2. The molecule has 3 N–H and O–H groups in total. The first-order valence-electron chi connectivity index (χ1n) is 5.25. The molecule has 0 aromatic rings. The zero-order valence-corrected chi connectivity index (χ0v) is 9.71. The molecule has 94 valence electrons. The Bertz CT molecular complexity index is 247.